The van der Waals surface area contributed by atoms with Gasteiger partial charge in [-0.3, -0.25) is 37.3 Å². The number of allylic oxidation sites excluding steroid dienone is 32. The van der Waals surface area contributed by atoms with E-state index in [1.54, 1.807) is 0 Å². The van der Waals surface area contributed by atoms with Crippen LogP contribution in [0.4, 0.5) is 0 Å². The Morgan fingerprint density at radius 3 is 0.818 bits per heavy atom. The molecule has 110 heavy (non-hydrogen) atoms. The van der Waals surface area contributed by atoms with Crippen LogP contribution in [0.15, 0.2) is 194 Å². The van der Waals surface area contributed by atoms with E-state index in [0.29, 0.717) is 32.1 Å². The number of carbonyl (C=O) groups is 4. The van der Waals surface area contributed by atoms with E-state index in [1.807, 2.05) is 18.2 Å². The maximum Gasteiger partial charge on any atom is 0.472 e. The Balaban J connectivity index is 5.54. The van der Waals surface area contributed by atoms with Crippen molar-refractivity contribution in [3.8, 4) is 0 Å². The van der Waals surface area contributed by atoms with Crippen molar-refractivity contribution in [3.63, 3.8) is 0 Å². The molecular weight excluding hydrogens is 1430 g/mol. The lowest BCUT2D eigenvalue weighted by Crippen LogP contribution is -2.30. The zero-order valence-electron chi connectivity index (χ0n) is 68.1. The van der Waals surface area contributed by atoms with Gasteiger partial charge >= 0.3 is 39.5 Å². The number of rotatable bonds is 76. The van der Waals surface area contributed by atoms with Crippen molar-refractivity contribution < 1.29 is 80.2 Å². The van der Waals surface area contributed by atoms with Crippen LogP contribution in [0.5, 0.6) is 0 Å². The van der Waals surface area contributed by atoms with Crippen LogP contribution in [0, 0.1) is 0 Å². The Labute approximate surface area is 666 Å². The largest absolute Gasteiger partial charge is 0.472 e. The van der Waals surface area contributed by atoms with Gasteiger partial charge in [0.15, 0.2) is 12.2 Å². The molecule has 0 amide bonds. The molecule has 0 aromatic heterocycles. The number of phosphoric ester groups is 2. The summed E-state index contributed by atoms with van der Waals surface area (Å²) in [6.07, 6.45) is 99.9. The molecule has 622 valence electrons. The standard InChI is InChI=1S/C91H146O17P2/c1-5-9-13-17-21-25-29-33-36-39-42-45-48-52-56-60-64-68-72-76-89(94)102-82-87(108-91(96)78-74-70-66-62-58-54-50-47-44-41-38-35-31-27-23-19-15-11-7-3)84-106-110(99,100)104-80-85(92)79-103-109(97,98)105-83-86(81-101-88(93)75-71-67-63-59-55-51-32-28-24-20-16-12-8-4)107-90(95)77-73-69-65-61-57-53-49-46-43-40-37-34-30-26-22-18-14-10-6-2/h9-10,13-14,21-23,25-28,32-38,42-47,52-54,56-58,66,70,85-87,92H,5-8,11-12,15-20,24,29-31,39-41,48-51,55,59-65,67-69,71-84H2,1-4H3,(H,97,98)(H,99,100)/b13-9-,14-10-,25-21-,26-22-,27-23-,32-28-,36-33-,37-34-,38-35-,45-42-,46-43-,47-44-,56-52-,57-53-,58-54-,70-66-/t85-,86+,87+/m0/s1. The highest BCUT2D eigenvalue weighted by Gasteiger charge is 2.30. The molecule has 17 nitrogen and oxygen atoms in total. The fraction of sp³-hybridized carbons (Fsp3) is 0.604. The number of hydrogen-bond acceptors (Lipinski definition) is 15. The number of hydrogen-bond donors (Lipinski definition) is 3. The van der Waals surface area contributed by atoms with Gasteiger partial charge in [0, 0.05) is 25.7 Å². The first-order valence-corrected chi connectivity index (χ1v) is 44.7. The predicted octanol–water partition coefficient (Wildman–Crippen LogP) is 24.9. The molecule has 0 saturated heterocycles. The number of unbranched alkanes of at least 4 members (excludes halogenated alkanes) is 18. The summed E-state index contributed by atoms with van der Waals surface area (Å²) in [5, 5.41) is 10.7. The zero-order chi connectivity index (χ0) is 80.3. The second kappa shape index (κ2) is 80.9. The van der Waals surface area contributed by atoms with Crippen LogP contribution in [0.2, 0.25) is 0 Å². The minimum atomic E-state index is -5.02. The lowest BCUT2D eigenvalue weighted by Gasteiger charge is -2.21. The first kappa shape index (κ1) is 104. The maximum absolute atomic E-state index is 13.1. The Kier molecular flexibility index (Phi) is 76.4. The molecule has 0 spiro atoms. The highest BCUT2D eigenvalue weighted by molar-refractivity contribution is 7.47. The monoisotopic (exact) mass is 1570 g/mol. The molecule has 0 aliphatic heterocycles. The van der Waals surface area contributed by atoms with E-state index < -0.39 is 97.5 Å². The van der Waals surface area contributed by atoms with Crippen molar-refractivity contribution in [2.45, 2.75) is 316 Å². The van der Waals surface area contributed by atoms with Crippen molar-refractivity contribution >= 4 is 39.5 Å². The number of aliphatic hydroxyl groups is 1. The molecule has 0 saturated carbocycles. The molecule has 0 aromatic rings. The van der Waals surface area contributed by atoms with Crippen LogP contribution in [-0.2, 0) is 65.4 Å². The SMILES string of the molecule is CC/C=C\C/C=C\C/C=C\C/C=C\C/C=C\CCCCCC(=O)OC[C@H](COP(=O)(O)OC[C@@H](O)COP(=O)(O)OC[C@@H](COC(=O)CCCCCCC/C=C\CCCCCC)OC(=O)CCCCC/C=C\C/C=C\C/C=C\C/C=C\C/C=C\CC)OC(=O)CC/C=C\C/C=C\C/C=C\C/C=C\C/C=C\CCCCC. The zero-order valence-corrected chi connectivity index (χ0v) is 69.9. The number of phosphoric acid groups is 2. The summed E-state index contributed by atoms with van der Waals surface area (Å²) in [7, 11) is -10.0. The summed E-state index contributed by atoms with van der Waals surface area (Å²) in [4.78, 5) is 73.1. The van der Waals surface area contributed by atoms with Crippen LogP contribution >= 0.6 is 15.6 Å². The van der Waals surface area contributed by atoms with Gasteiger partial charge in [0.05, 0.1) is 26.4 Å². The number of aliphatic hydroxyl groups excluding tert-OH is 1. The Morgan fingerprint density at radius 2 is 0.491 bits per heavy atom. The van der Waals surface area contributed by atoms with Crippen LogP contribution in [0.3, 0.4) is 0 Å². The van der Waals surface area contributed by atoms with Crippen molar-refractivity contribution in [2.75, 3.05) is 39.6 Å². The fourth-order valence-electron chi connectivity index (χ4n) is 10.2. The van der Waals surface area contributed by atoms with E-state index in [1.165, 1.54) is 44.9 Å². The molecule has 0 aliphatic carbocycles. The summed E-state index contributed by atoms with van der Waals surface area (Å²) >= 11 is 0. The summed E-state index contributed by atoms with van der Waals surface area (Å²) in [6.45, 7) is 4.42. The highest BCUT2D eigenvalue weighted by atomic mass is 31.2. The van der Waals surface area contributed by atoms with Gasteiger partial charge in [-0.15, -0.1) is 0 Å². The summed E-state index contributed by atoms with van der Waals surface area (Å²) in [6, 6.07) is 0. The van der Waals surface area contributed by atoms with Crippen LogP contribution in [0.25, 0.3) is 0 Å². The maximum atomic E-state index is 13.1. The Hall–Kier alpha value is -6.10. The van der Waals surface area contributed by atoms with Gasteiger partial charge in [-0.25, -0.2) is 9.13 Å². The molecular formula is C91H146O17P2. The quantitative estimate of drug-likeness (QED) is 0.0169. The average molecular weight is 1570 g/mol. The van der Waals surface area contributed by atoms with Crippen molar-refractivity contribution in [1.29, 1.82) is 0 Å². The molecule has 19 heteroatoms. The van der Waals surface area contributed by atoms with Crippen LogP contribution in [0.1, 0.15) is 297 Å². The van der Waals surface area contributed by atoms with Gasteiger partial charge in [0.2, 0.25) is 0 Å². The fourth-order valence-corrected chi connectivity index (χ4v) is 11.8. The molecule has 5 atom stereocenters. The van der Waals surface area contributed by atoms with Gasteiger partial charge in [-0.2, -0.15) is 0 Å². The lowest BCUT2D eigenvalue weighted by atomic mass is 10.1. The number of carbonyl (C=O) groups excluding carboxylic acids is 4. The van der Waals surface area contributed by atoms with Crippen molar-refractivity contribution in [1.82, 2.24) is 0 Å². The molecule has 3 N–H and O–H groups in total. The van der Waals surface area contributed by atoms with Gasteiger partial charge in [0.25, 0.3) is 0 Å². The third kappa shape index (κ3) is 80.0. The Morgan fingerprint density at radius 1 is 0.264 bits per heavy atom. The van der Waals surface area contributed by atoms with E-state index in [2.05, 4.69) is 204 Å². The second-order valence-electron chi connectivity index (χ2n) is 26.9. The summed E-state index contributed by atoms with van der Waals surface area (Å²) in [5.74, 6) is -2.37. The molecule has 0 aliphatic rings. The van der Waals surface area contributed by atoms with Crippen LogP contribution in [-0.4, -0.2) is 96.7 Å². The minimum absolute atomic E-state index is 0.0445. The molecule has 0 bridgehead atoms. The van der Waals surface area contributed by atoms with Crippen LogP contribution < -0.4 is 0 Å². The first-order chi connectivity index (χ1) is 53.7. The third-order valence-electron chi connectivity index (χ3n) is 16.5. The smallest absolute Gasteiger partial charge is 0.462 e. The van der Waals surface area contributed by atoms with E-state index in [9.17, 15) is 43.2 Å². The topological polar surface area (TPSA) is 237 Å². The molecule has 0 radical (unpaired) electrons. The molecule has 0 aromatic carbocycles. The van der Waals surface area contributed by atoms with Gasteiger partial charge in [-0.05, 0) is 180 Å². The summed E-state index contributed by atoms with van der Waals surface area (Å²) in [5.41, 5.74) is 0. The van der Waals surface area contributed by atoms with Gasteiger partial charge < -0.3 is 33.8 Å². The first-order valence-electron chi connectivity index (χ1n) is 41.7. The van der Waals surface area contributed by atoms with E-state index in [4.69, 9.17) is 37.0 Å². The number of ether oxygens (including phenoxy) is 4. The predicted molar refractivity (Wildman–Crippen MR) is 454 cm³/mol. The van der Waals surface area contributed by atoms with E-state index in [0.717, 1.165) is 167 Å². The van der Waals surface area contributed by atoms with Crippen molar-refractivity contribution in [2.24, 2.45) is 0 Å². The molecule has 2 unspecified atom stereocenters. The highest BCUT2D eigenvalue weighted by Crippen LogP contribution is 2.45. The summed E-state index contributed by atoms with van der Waals surface area (Å²) < 4.78 is 68.6. The Bertz CT molecular complexity index is 2850. The second-order valence-corrected chi connectivity index (χ2v) is 29.8. The minimum Gasteiger partial charge on any atom is -0.462 e. The third-order valence-corrected chi connectivity index (χ3v) is 18.4. The van der Waals surface area contributed by atoms with Gasteiger partial charge in [-0.1, -0.05) is 286 Å². The average Bonchev–Trinajstić information content (AvgIpc) is 0.906. The van der Waals surface area contributed by atoms with E-state index >= 15 is 0 Å². The van der Waals surface area contributed by atoms with Gasteiger partial charge in [0.1, 0.15) is 19.3 Å². The lowest BCUT2D eigenvalue weighted by molar-refractivity contribution is -0.161. The molecule has 0 heterocycles. The molecule has 0 rings (SSSR count). The molecule has 0 fully saturated rings. The normalized spacial score (nSPS) is 14.8. The van der Waals surface area contributed by atoms with Crippen molar-refractivity contribution in [3.05, 3.63) is 194 Å². The van der Waals surface area contributed by atoms with E-state index in [-0.39, 0.29) is 25.7 Å². The number of esters is 4.